The number of pyridine rings is 3. The van der Waals surface area contributed by atoms with Gasteiger partial charge in [-0.25, -0.2) is 14.8 Å². The number of alkyl halides is 6. The Balaban J connectivity index is 1.91. The number of aromatic carboxylic acids is 1. The summed E-state index contributed by atoms with van der Waals surface area (Å²) in [5.74, 6) is -1.41. The summed E-state index contributed by atoms with van der Waals surface area (Å²) in [4.78, 5) is 24.3. The van der Waals surface area contributed by atoms with Crippen LogP contribution in [0.1, 0.15) is 27.2 Å². The summed E-state index contributed by atoms with van der Waals surface area (Å²) in [6, 6.07) is 8.38. The van der Waals surface area contributed by atoms with E-state index in [1.54, 1.807) is 0 Å². The Morgan fingerprint density at radius 3 is 2.27 bits per heavy atom. The van der Waals surface area contributed by atoms with Crippen molar-refractivity contribution >= 4 is 28.4 Å². The second kappa shape index (κ2) is 9.65. The van der Waals surface area contributed by atoms with E-state index in [1.165, 1.54) is 25.4 Å². The number of aromatic nitrogens is 3. The van der Waals surface area contributed by atoms with Crippen LogP contribution in [0.25, 0.3) is 22.4 Å². The van der Waals surface area contributed by atoms with Crippen LogP contribution in [-0.2, 0) is 23.7 Å². The van der Waals surface area contributed by atoms with Crippen molar-refractivity contribution < 1.29 is 41.0 Å². The largest absolute Gasteiger partial charge is 0.478 e. The van der Waals surface area contributed by atoms with E-state index in [4.69, 9.17) is 4.74 Å². The lowest BCUT2D eigenvalue weighted by molar-refractivity contribution is -0.138. The van der Waals surface area contributed by atoms with Crippen LogP contribution in [0.3, 0.4) is 0 Å². The number of halogens is 6. The van der Waals surface area contributed by atoms with Crippen LogP contribution in [0.5, 0.6) is 0 Å². The predicted octanol–water partition coefficient (Wildman–Crippen LogP) is 6.32. The number of ether oxygens (including phenoxy) is 1. The second-order valence-electron chi connectivity index (χ2n) is 7.71. The highest BCUT2D eigenvalue weighted by atomic mass is 19.4. The first-order chi connectivity index (χ1) is 17.4. The van der Waals surface area contributed by atoms with Gasteiger partial charge in [0.1, 0.15) is 11.3 Å². The normalized spacial score (nSPS) is 12.1. The Morgan fingerprint density at radius 1 is 0.973 bits per heavy atom. The molecule has 0 spiro atoms. The number of carboxylic acids is 1. The molecule has 0 unspecified atom stereocenters. The van der Waals surface area contributed by atoms with Gasteiger partial charge in [-0.2, -0.15) is 26.3 Å². The van der Waals surface area contributed by atoms with Gasteiger partial charge in [0.2, 0.25) is 0 Å². The SMILES string of the molecule is COCc1nc2nc(-c3ncccc3C(F)(F)F)ccc2c(Nc2ccc(C(F)(F)F)cc2)c1C(=O)O. The summed E-state index contributed by atoms with van der Waals surface area (Å²) >= 11 is 0. The Hall–Kier alpha value is -4.26. The lowest BCUT2D eigenvalue weighted by atomic mass is 10.0. The maximum absolute atomic E-state index is 13.5. The highest BCUT2D eigenvalue weighted by molar-refractivity contribution is 6.06. The van der Waals surface area contributed by atoms with Gasteiger partial charge in [0.05, 0.1) is 34.8 Å². The number of nitrogens with one attached hydrogen (secondary N) is 1. The van der Waals surface area contributed by atoms with Gasteiger partial charge in [-0.3, -0.25) is 4.98 Å². The highest BCUT2D eigenvalue weighted by Crippen LogP contribution is 2.37. The highest BCUT2D eigenvalue weighted by Gasteiger charge is 2.35. The number of methoxy groups -OCH3 is 1. The van der Waals surface area contributed by atoms with Crippen molar-refractivity contribution in [3.8, 4) is 11.4 Å². The Kier molecular flexibility index (Phi) is 6.74. The van der Waals surface area contributed by atoms with Gasteiger partial charge in [0, 0.05) is 24.4 Å². The fraction of sp³-hybridized carbons (Fsp3) is 0.167. The molecule has 192 valence electrons. The summed E-state index contributed by atoms with van der Waals surface area (Å²) in [7, 11) is 1.29. The molecular weight excluding hydrogens is 506 g/mol. The number of carboxylic acid groups (broad SMARTS) is 1. The first-order valence-corrected chi connectivity index (χ1v) is 10.4. The fourth-order valence-electron chi connectivity index (χ4n) is 3.65. The van der Waals surface area contributed by atoms with E-state index in [-0.39, 0.29) is 46.0 Å². The molecule has 4 aromatic rings. The lowest BCUT2D eigenvalue weighted by Crippen LogP contribution is -2.12. The van der Waals surface area contributed by atoms with E-state index in [2.05, 4.69) is 20.3 Å². The number of anilines is 2. The van der Waals surface area contributed by atoms with E-state index >= 15 is 0 Å². The topological polar surface area (TPSA) is 97.2 Å². The minimum Gasteiger partial charge on any atom is -0.478 e. The summed E-state index contributed by atoms with van der Waals surface area (Å²) < 4.78 is 84.4. The molecule has 0 aliphatic carbocycles. The van der Waals surface area contributed by atoms with Crippen LogP contribution in [0.4, 0.5) is 37.7 Å². The Bertz CT molecular complexity index is 1470. The molecule has 2 N–H and O–H groups in total. The zero-order chi connectivity index (χ0) is 27.0. The number of benzene rings is 1. The lowest BCUT2D eigenvalue weighted by Gasteiger charge is -2.17. The quantitative estimate of drug-likeness (QED) is 0.286. The van der Waals surface area contributed by atoms with Crippen LogP contribution in [0.15, 0.2) is 54.7 Å². The maximum atomic E-state index is 13.5. The monoisotopic (exact) mass is 522 g/mol. The van der Waals surface area contributed by atoms with Gasteiger partial charge in [-0.05, 0) is 48.5 Å². The first-order valence-electron chi connectivity index (χ1n) is 10.4. The molecule has 37 heavy (non-hydrogen) atoms. The zero-order valence-electron chi connectivity index (χ0n) is 18.8. The molecule has 4 rings (SSSR count). The zero-order valence-corrected chi connectivity index (χ0v) is 18.8. The number of fused-ring (bicyclic) bond motifs is 1. The van der Waals surface area contributed by atoms with E-state index in [1.807, 2.05) is 0 Å². The molecule has 13 heteroatoms. The molecule has 0 aliphatic heterocycles. The molecule has 0 radical (unpaired) electrons. The average Bonchev–Trinajstić information content (AvgIpc) is 2.83. The van der Waals surface area contributed by atoms with Gasteiger partial charge in [-0.15, -0.1) is 0 Å². The molecule has 1 aromatic carbocycles. The van der Waals surface area contributed by atoms with Crippen molar-refractivity contribution in [3.05, 3.63) is 77.1 Å². The minimum absolute atomic E-state index is 0.0691. The van der Waals surface area contributed by atoms with Gasteiger partial charge in [-0.1, -0.05) is 0 Å². The van der Waals surface area contributed by atoms with E-state index in [9.17, 15) is 36.2 Å². The van der Waals surface area contributed by atoms with Crippen LogP contribution < -0.4 is 5.32 Å². The van der Waals surface area contributed by atoms with E-state index in [0.29, 0.717) is 0 Å². The van der Waals surface area contributed by atoms with Crippen molar-refractivity contribution in [2.75, 3.05) is 12.4 Å². The average molecular weight is 522 g/mol. The second-order valence-corrected chi connectivity index (χ2v) is 7.71. The Morgan fingerprint density at radius 2 is 1.68 bits per heavy atom. The van der Waals surface area contributed by atoms with E-state index < -0.39 is 35.1 Å². The third-order valence-corrected chi connectivity index (χ3v) is 5.26. The number of nitrogens with zero attached hydrogens (tertiary/aromatic N) is 3. The van der Waals surface area contributed by atoms with Gasteiger partial charge in [0.15, 0.2) is 5.65 Å². The van der Waals surface area contributed by atoms with Crippen molar-refractivity contribution in [2.45, 2.75) is 19.0 Å². The van der Waals surface area contributed by atoms with Gasteiger partial charge in [0.25, 0.3) is 0 Å². The minimum atomic E-state index is -4.71. The molecule has 0 bridgehead atoms. The molecule has 0 amide bonds. The standard InChI is InChI=1S/C24H16F6N4O3/c1-37-11-17-18(22(35)36)19(32-13-6-4-12(5-7-13)23(25,26)27)14-8-9-16(33-21(14)34-17)20-15(24(28,29)30)3-2-10-31-20/h2-10H,11H2,1H3,(H,35,36)(H,32,33,34). The molecule has 0 atom stereocenters. The first kappa shape index (κ1) is 25.8. The summed E-state index contributed by atoms with van der Waals surface area (Å²) in [6.45, 7) is -0.289. The van der Waals surface area contributed by atoms with Crippen molar-refractivity contribution in [3.63, 3.8) is 0 Å². The molecule has 0 saturated heterocycles. The molecule has 0 aliphatic rings. The van der Waals surface area contributed by atoms with Gasteiger partial charge >= 0.3 is 18.3 Å². The fourth-order valence-corrected chi connectivity index (χ4v) is 3.65. The molecular formula is C24H16F6N4O3. The summed E-state index contributed by atoms with van der Waals surface area (Å²) in [6.07, 6.45) is -8.11. The molecule has 7 nitrogen and oxygen atoms in total. The van der Waals surface area contributed by atoms with E-state index in [0.717, 1.165) is 36.4 Å². The maximum Gasteiger partial charge on any atom is 0.418 e. The Labute approximate surface area is 204 Å². The van der Waals surface area contributed by atoms with Crippen LogP contribution in [0, 0.1) is 0 Å². The number of hydrogen-bond donors (Lipinski definition) is 2. The summed E-state index contributed by atoms with van der Waals surface area (Å²) in [5, 5.41) is 12.8. The van der Waals surface area contributed by atoms with Crippen LogP contribution in [0.2, 0.25) is 0 Å². The molecule has 0 saturated carbocycles. The molecule has 0 fully saturated rings. The van der Waals surface area contributed by atoms with Crippen LogP contribution >= 0.6 is 0 Å². The van der Waals surface area contributed by atoms with Crippen molar-refractivity contribution in [2.24, 2.45) is 0 Å². The summed E-state index contributed by atoms with van der Waals surface area (Å²) in [5.41, 5.74) is -3.05. The number of carbonyl (C=O) groups is 1. The predicted molar refractivity (Wildman–Crippen MR) is 120 cm³/mol. The third kappa shape index (κ3) is 5.31. The number of rotatable bonds is 6. The third-order valence-electron chi connectivity index (χ3n) is 5.26. The van der Waals surface area contributed by atoms with Crippen LogP contribution in [-0.4, -0.2) is 33.1 Å². The number of hydrogen-bond acceptors (Lipinski definition) is 6. The van der Waals surface area contributed by atoms with Crippen molar-refractivity contribution in [1.82, 2.24) is 15.0 Å². The smallest absolute Gasteiger partial charge is 0.418 e. The molecule has 3 aromatic heterocycles. The molecule has 3 heterocycles. The van der Waals surface area contributed by atoms with Crippen molar-refractivity contribution in [1.29, 1.82) is 0 Å². The van der Waals surface area contributed by atoms with Gasteiger partial charge < -0.3 is 15.2 Å².